The molecule has 0 aliphatic carbocycles. The fraction of sp³-hybridized carbons (Fsp3) is 0.429. The largest absolute Gasteiger partial charge is 0.321 e. The van der Waals surface area contributed by atoms with Crippen LogP contribution in [0.5, 0.6) is 0 Å². The van der Waals surface area contributed by atoms with Crippen LogP contribution >= 0.6 is 11.3 Å². The van der Waals surface area contributed by atoms with Gasteiger partial charge in [-0.15, -0.1) is 11.3 Å². The highest BCUT2D eigenvalue weighted by molar-refractivity contribution is 7.17. The molecule has 0 saturated carbocycles. The van der Waals surface area contributed by atoms with Gasteiger partial charge in [0.25, 0.3) is 5.91 Å². The quantitative estimate of drug-likeness (QED) is 0.578. The number of allylic oxidation sites excluding steroid dienone is 4. The Hall–Kier alpha value is -2.36. The maximum atomic E-state index is 12.6. The molecule has 2 heterocycles. The van der Waals surface area contributed by atoms with Crippen LogP contribution in [0.15, 0.2) is 30.4 Å². The molecule has 1 saturated heterocycles. The van der Waals surface area contributed by atoms with Crippen LogP contribution in [0, 0.1) is 11.8 Å². The van der Waals surface area contributed by atoms with Gasteiger partial charge in [-0.3, -0.25) is 14.5 Å². The first-order valence-corrected chi connectivity index (χ1v) is 9.93. The summed E-state index contributed by atoms with van der Waals surface area (Å²) in [6, 6.07) is 4.03. The molecule has 1 aliphatic rings. The van der Waals surface area contributed by atoms with E-state index in [0.717, 1.165) is 21.9 Å². The van der Waals surface area contributed by atoms with E-state index in [1.54, 1.807) is 16.2 Å². The minimum absolute atomic E-state index is 0.0662. The van der Waals surface area contributed by atoms with E-state index in [0.29, 0.717) is 19.6 Å². The minimum Gasteiger partial charge on any atom is -0.321 e. The summed E-state index contributed by atoms with van der Waals surface area (Å²) >= 11 is 1.60. The first kappa shape index (κ1) is 20.9. The summed E-state index contributed by atoms with van der Waals surface area (Å²) in [5.41, 5.74) is 1.16. The van der Waals surface area contributed by atoms with Gasteiger partial charge < -0.3 is 9.80 Å². The number of anilines is 1. The highest BCUT2D eigenvalue weighted by Crippen LogP contribution is 2.32. The average Bonchev–Trinajstić information content (AvgIpc) is 3.11. The van der Waals surface area contributed by atoms with Crippen LogP contribution in [0.1, 0.15) is 25.1 Å². The molecule has 1 fully saturated rings. The van der Waals surface area contributed by atoms with Gasteiger partial charge in [0.2, 0.25) is 5.91 Å². The summed E-state index contributed by atoms with van der Waals surface area (Å²) in [5, 5.41) is 0.921. The average molecular weight is 386 g/mol. The summed E-state index contributed by atoms with van der Waals surface area (Å²) in [5.74, 6) is 5.10. The summed E-state index contributed by atoms with van der Waals surface area (Å²) < 4.78 is 0. The lowest BCUT2D eigenvalue weighted by Gasteiger charge is -2.32. The van der Waals surface area contributed by atoms with E-state index in [-0.39, 0.29) is 18.4 Å². The zero-order valence-corrected chi connectivity index (χ0v) is 17.3. The zero-order valence-electron chi connectivity index (χ0n) is 16.5. The van der Waals surface area contributed by atoms with Gasteiger partial charge in [0.1, 0.15) is 6.54 Å². The lowest BCUT2D eigenvalue weighted by Crippen LogP contribution is -2.52. The first-order chi connectivity index (χ1) is 13.0. The molecule has 2 amide bonds. The van der Waals surface area contributed by atoms with Crippen LogP contribution in [0.25, 0.3) is 5.57 Å². The lowest BCUT2D eigenvalue weighted by atomic mass is 10.2. The maximum absolute atomic E-state index is 12.6. The second kappa shape index (κ2) is 10.1. The van der Waals surface area contributed by atoms with E-state index in [1.165, 1.54) is 4.90 Å². The fourth-order valence-corrected chi connectivity index (χ4v) is 3.73. The van der Waals surface area contributed by atoms with Crippen LogP contribution in [0.4, 0.5) is 5.00 Å². The standard InChI is InChI=1S/C21H27N3O2S/c1-5-7-9-17(6-2)18-11-12-21(27-18)24-15-14-23(16-20(24)26)19(25)10-8-13-22(3)4/h6-7,9,11-12H,5,13-16H2,1-4H3/b9-7-,17-6+. The van der Waals surface area contributed by atoms with Crippen molar-refractivity contribution in [1.29, 1.82) is 0 Å². The highest BCUT2D eigenvalue weighted by atomic mass is 32.1. The van der Waals surface area contributed by atoms with Crippen molar-refractivity contribution in [3.05, 3.63) is 35.2 Å². The van der Waals surface area contributed by atoms with Crippen LogP contribution in [0.3, 0.4) is 0 Å². The minimum atomic E-state index is -0.280. The molecule has 27 heavy (non-hydrogen) atoms. The molecule has 144 valence electrons. The van der Waals surface area contributed by atoms with Crippen molar-refractivity contribution in [2.45, 2.75) is 20.3 Å². The molecule has 0 N–H and O–H groups in total. The lowest BCUT2D eigenvalue weighted by molar-refractivity contribution is -0.132. The Morgan fingerprint density at radius 1 is 1.33 bits per heavy atom. The molecule has 1 aromatic rings. The topological polar surface area (TPSA) is 43.9 Å². The predicted molar refractivity (Wildman–Crippen MR) is 113 cm³/mol. The van der Waals surface area contributed by atoms with Crippen molar-refractivity contribution >= 4 is 33.7 Å². The predicted octanol–water partition coefficient (Wildman–Crippen LogP) is 2.86. The number of hydrogen-bond donors (Lipinski definition) is 0. The Labute approximate surface area is 165 Å². The van der Waals surface area contributed by atoms with E-state index < -0.39 is 0 Å². The van der Waals surface area contributed by atoms with Gasteiger partial charge in [-0.2, -0.15) is 0 Å². The van der Waals surface area contributed by atoms with Gasteiger partial charge in [0.15, 0.2) is 0 Å². The van der Waals surface area contributed by atoms with Crippen molar-refractivity contribution in [3.63, 3.8) is 0 Å². The molecular weight excluding hydrogens is 358 g/mol. The van der Waals surface area contributed by atoms with Crippen molar-refractivity contribution in [2.24, 2.45) is 0 Å². The van der Waals surface area contributed by atoms with Crippen LogP contribution in [-0.4, -0.2) is 61.9 Å². The molecule has 0 aromatic carbocycles. The van der Waals surface area contributed by atoms with E-state index in [1.807, 2.05) is 38.1 Å². The molecule has 0 bridgehead atoms. The number of carbonyl (C=O) groups is 2. The number of thiophene rings is 1. The summed E-state index contributed by atoms with van der Waals surface area (Å²) in [6.45, 7) is 5.72. The Balaban J connectivity index is 2.03. The maximum Gasteiger partial charge on any atom is 0.299 e. The van der Waals surface area contributed by atoms with Gasteiger partial charge in [0, 0.05) is 18.0 Å². The van der Waals surface area contributed by atoms with Gasteiger partial charge in [-0.25, -0.2) is 0 Å². The summed E-state index contributed by atoms with van der Waals surface area (Å²) in [6.07, 6.45) is 7.30. The van der Waals surface area contributed by atoms with E-state index in [4.69, 9.17) is 0 Å². The number of hydrogen-bond acceptors (Lipinski definition) is 4. The first-order valence-electron chi connectivity index (χ1n) is 9.12. The van der Waals surface area contributed by atoms with Crippen molar-refractivity contribution < 1.29 is 9.59 Å². The van der Waals surface area contributed by atoms with Crippen LogP contribution in [-0.2, 0) is 9.59 Å². The zero-order chi connectivity index (χ0) is 19.8. The number of amides is 2. The van der Waals surface area contributed by atoms with E-state index in [9.17, 15) is 9.59 Å². The van der Waals surface area contributed by atoms with E-state index in [2.05, 4.69) is 37.0 Å². The number of rotatable bonds is 5. The molecule has 5 nitrogen and oxygen atoms in total. The number of nitrogens with zero attached hydrogens (tertiary/aromatic N) is 3. The monoisotopic (exact) mass is 385 g/mol. The van der Waals surface area contributed by atoms with Gasteiger partial charge in [-0.1, -0.05) is 31.1 Å². The third kappa shape index (κ3) is 5.81. The molecular formula is C21H27N3O2S. The van der Waals surface area contributed by atoms with Gasteiger partial charge >= 0.3 is 0 Å². The number of carbonyl (C=O) groups excluding carboxylic acids is 2. The molecule has 0 atom stereocenters. The third-order valence-corrected chi connectivity index (χ3v) is 5.24. The SMILES string of the molecule is C/C=C(\C=C/CC)c1ccc(N2CCN(C(=O)C#CCN(C)C)CC2=O)s1. The van der Waals surface area contributed by atoms with Crippen LogP contribution in [0.2, 0.25) is 0 Å². The van der Waals surface area contributed by atoms with Crippen molar-refractivity contribution in [1.82, 2.24) is 9.80 Å². The molecule has 2 rings (SSSR count). The second-order valence-electron chi connectivity index (χ2n) is 6.50. The molecule has 0 unspecified atom stereocenters. The van der Waals surface area contributed by atoms with E-state index >= 15 is 0 Å². The van der Waals surface area contributed by atoms with Crippen molar-refractivity contribution in [2.75, 3.05) is 45.2 Å². The molecule has 1 aromatic heterocycles. The van der Waals surface area contributed by atoms with Gasteiger partial charge in [0.05, 0.1) is 11.5 Å². The normalized spacial score (nSPS) is 15.4. The van der Waals surface area contributed by atoms with Crippen molar-refractivity contribution in [3.8, 4) is 11.8 Å². The molecule has 6 heteroatoms. The van der Waals surface area contributed by atoms with Gasteiger partial charge in [-0.05, 0) is 51.1 Å². The fourth-order valence-electron chi connectivity index (χ4n) is 2.63. The summed E-state index contributed by atoms with van der Waals surface area (Å²) in [7, 11) is 3.79. The molecule has 0 spiro atoms. The smallest absolute Gasteiger partial charge is 0.299 e. The Kier molecular flexibility index (Phi) is 7.83. The Bertz CT molecular complexity index is 796. The number of piperazine rings is 1. The second-order valence-corrected chi connectivity index (χ2v) is 7.57. The Morgan fingerprint density at radius 2 is 2.11 bits per heavy atom. The molecule has 1 aliphatic heterocycles. The van der Waals surface area contributed by atoms with Crippen LogP contribution < -0.4 is 4.90 Å². The highest BCUT2D eigenvalue weighted by Gasteiger charge is 2.28. The third-order valence-electron chi connectivity index (χ3n) is 4.08. The summed E-state index contributed by atoms with van der Waals surface area (Å²) in [4.78, 5) is 31.0. The Morgan fingerprint density at radius 3 is 2.74 bits per heavy atom. The molecule has 0 radical (unpaired) electrons.